The van der Waals surface area contributed by atoms with Crippen molar-refractivity contribution in [3.8, 4) is 11.4 Å². The molecule has 1 saturated heterocycles. The number of hydrogen-bond donors (Lipinski definition) is 2. The lowest BCUT2D eigenvalue weighted by atomic mass is 9.73. The largest absolute Gasteiger partial charge is 0.355 e. The van der Waals surface area contributed by atoms with E-state index in [1.54, 1.807) is 0 Å². The molecular weight excluding hydrogens is 493 g/mol. The topological polar surface area (TPSA) is 74.7 Å². The fourth-order valence-corrected chi connectivity index (χ4v) is 7.20. The number of piperidine rings is 1. The molecule has 3 aliphatic rings. The van der Waals surface area contributed by atoms with Crippen molar-refractivity contribution in [1.82, 2.24) is 19.8 Å². The van der Waals surface area contributed by atoms with E-state index < -0.39 is 0 Å². The average molecular weight is 520 g/mol. The molecule has 2 aliphatic heterocycles. The molecule has 2 aromatic carbocycles. The average Bonchev–Trinajstić information content (AvgIpc) is 3.53. The number of imidazole rings is 1. The Morgan fingerprint density at radius 1 is 1.11 bits per heavy atom. The van der Waals surface area contributed by atoms with Gasteiger partial charge in [-0.15, -0.1) is 0 Å². The van der Waals surface area contributed by atoms with E-state index in [2.05, 4.69) is 39.0 Å². The number of nitrogens with zero attached hydrogens (tertiary/aromatic N) is 5. The zero-order chi connectivity index (χ0) is 24.6. The van der Waals surface area contributed by atoms with E-state index in [1.807, 2.05) is 42.8 Å². The molecule has 36 heavy (non-hydrogen) atoms. The van der Waals surface area contributed by atoms with Gasteiger partial charge in [-0.2, -0.15) is 0 Å². The Hall–Kier alpha value is -2.84. The summed E-state index contributed by atoms with van der Waals surface area (Å²) in [5, 5.41) is 2.51. The van der Waals surface area contributed by atoms with Crippen molar-refractivity contribution in [2.75, 3.05) is 30.0 Å². The van der Waals surface area contributed by atoms with Gasteiger partial charge in [-0.1, -0.05) is 47.5 Å². The lowest BCUT2D eigenvalue weighted by molar-refractivity contribution is 0.187. The van der Waals surface area contributed by atoms with Gasteiger partial charge >= 0.3 is 0 Å². The van der Waals surface area contributed by atoms with Gasteiger partial charge < -0.3 is 15.6 Å². The van der Waals surface area contributed by atoms with Crippen LogP contribution in [-0.4, -0.2) is 34.5 Å². The molecule has 2 atom stereocenters. The molecule has 4 heterocycles. The molecule has 9 heteroatoms. The number of rotatable bonds is 2. The van der Waals surface area contributed by atoms with Crippen LogP contribution in [-0.2, 0) is 6.42 Å². The fourth-order valence-electron chi connectivity index (χ4n) is 6.42. The molecule has 2 aromatic heterocycles. The second-order valence-electron chi connectivity index (χ2n) is 10.2. The molecule has 0 amide bonds. The second-order valence-corrected chi connectivity index (χ2v) is 11.0. The van der Waals surface area contributed by atoms with E-state index in [1.165, 1.54) is 11.1 Å². The van der Waals surface area contributed by atoms with E-state index in [-0.39, 0.29) is 17.0 Å². The minimum Gasteiger partial charge on any atom is -0.355 e. The van der Waals surface area contributed by atoms with Gasteiger partial charge in [-0.25, -0.2) is 15.4 Å². The number of nitrogens with one attached hydrogen (secondary N) is 1. The number of halogens is 2. The van der Waals surface area contributed by atoms with Gasteiger partial charge in [0.05, 0.1) is 16.9 Å². The van der Waals surface area contributed by atoms with Crippen LogP contribution in [0.4, 0.5) is 11.5 Å². The molecule has 3 N–H and O–H groups in total. The maximum absolute atomic E-state index is 6.87. The van der Waals surface area contributed by atoms with Gasteiger partial charge in [-0.3, -0.25) is 4.40 Å². The summed E-state index contributed by atoms with van der Waals surface area (Å²) in [7, 11) is 1.93. The van der Waals surface area contributed by atoms with Crippen LogP contribution < -0.4 is 21.1 Å². The molecule has 1 fully saturated rings. The monoisotopic (exact) mass is 519 g/mol. The molecular formula is C27H27Cl2N7. The molecule has 4 aromatic rings. The normalized spacial score (nSPS) is 22.4. The molecule has 0 saturated carbocycles. The van der Waals surface area contributed by atoms with E-state index in [9.17, 15) is 0 Å². The summed E-state index contributed by atoms with van der Waals surface area (Å²) in [6.07, 6.45) is 8.83. The molecule has 0 radical (unpaired) electrons. The number of aromatic nitrogens is 3. The minimum atomic E-state index is -0.380. The van der Waals surface area contributed by atoms with Crippen molar-refractivity contribution in [2.45, 2.75) is 30.8 Å². The van der Waals surface area contributed by atoms with Gasteiger partial charge in [0.2, 0.25) is 0 Å². The second kappa shape index (κ2) is 8.08. The van der Waals surface area contributed by atoms with Crippen LogP contribution in [0, 0.1) is 5.41 Å². The molecule has 7 rings (SSSR count). The standard InChI is InChI=1S/C27H27Cl2N7/c1-34-19-7-6-18(22(28)21(19)24(29)33-34)25-32-15-20-26(31-10-13-36(20)25)35-11-8-27(9-12-35)14-16-4-2-3-5-17(16)23(27)30/h2-7,10,13,15,23-24,33H,8-9,11-12,14,30H2,1H3/t23-,24?/m1/s1. The first kappa shape index (κ1) is 22.4. The minimum absolute atomic E-state index is 0.0995. The number of anilines is 2. The maximum Gasteiger partial charge on any atom is 0.154 e. The molecule has 184 valence electrons. The van der Waals surface area contributed by atoms with Crippen LogP contribution in [0.3, 0.4) is 0 Å². The van der Waals surface area contributed by atoms with Gasteiger partial charge in [0.25, 0.3) is 0 Å². The van der Waals surface area contributed by atoms with E-state index in [0.29, 0.717) is 5.02 Å². The number of hydrogen-bond acceptors (Lipinski definition) is 6. The van der Waals surface area contributed by atoms with Gasteiger partial charge in [0.1, 0.15) is 16.8 Å². The number of benzene rings is 2. The Labute approximate surface area is 219 Å². The van der Waals surface area contributed by atoms with Crippen LogP contribution in [0.15, 0.2) is 55.0 Å². The zero-order valence-electron chi connectivity index (χ0n) is 20.0. The van der Waals surface area contributed by atoms with Crippen LogP contribution >= 0.6 is 23.2 Å². The Bertz CT molecular complexity index is 1490. The highest BCUT2D eigenvalue weighted by molar-refractivity contribution is 6.36. The number of alkyl halides is 1. The van der Waals surface area contributed by atoms with Crippen molar-refractivity contribution < 1.29 is 0 Å². The predicted molar refractivity (Wildman–Crippen MR) is 145 cm³/mol. The summed E-state index contributed by atoms with van der Waals surface area (Å²) in [4.78, 5) is 11.9. The summed E-state index contributed by atoms with van der Waals surface area (Å²) in [5.41, 5.74) is 16.1. The summed E-state index contributed by atoms with van der Waals surface area (Å²) in [6, 6.07) is 12.8. The summed E-state index contributed by atoms with van der Waals surface area (Å²) >= 11 is 13.4. The lowest BCUT2D eigenvalue weighted by Gasteiger charge is -2.42. The SMILES string of the molecule is CN1NC(Cl)c2c1ccc(-c1ncc3c(N4CCC5(CC4)Cc4ccccc4[C@H]5N)nccn13)c2Cl. The summed E-state index contributed by atoms with van der Waals surface area (Å²) in [5.74, 6) is 1.73. The summed E-state index contributed by atoms with van der Waals surface area (Å²) < 4.78 is 2.08. The van der Waals surface area contributed by atoms with Crippen molar-refractivity contribution >= 4 is 40.2 Å². The molecule has 1 spiro atoms. The Balaban J connectivity index is 1.20. The van der Waals surface area contributed by atoms with E-state index in [4.69, 9.17) is 38.9 Å². The lowest BCUT2D eigenvalue weighted by Crippen LogP contribution is -2.44. The Morgan fingerprint density at radius 3 is 2.72 bits per heavy atom. The van der Waals surface area contributed by atoms with Crippen molar-refractivity contribution in [1.29, 1.82) is 0 Å². The third-order valence-corrected chi connectivity index (χ3v) is 9.13. The molecule has 7 nitrogen and oxygen atoms in total. The first-order valence-corrected chi connectivity index (χ1v) is 13.2. The number of nitrogens with two attached hydrogens (primary N) is 1. The van der Waals surface area contributed by atoms with Gasteiger partial charge in [-0.05, 0) is 47.9 Å². The highest BCUT2D eigenvalue weighted by atomic mass is 35.5. The van der Waals surface area contributed by atoms with E-state index >= 15 is 0 Å². The highest BCUT2D eigenvalue weighted by Gasteiger charge is 2.46. The van der Waals surface area contributed by atoms with Crippen LogP contribution in [0.5, 0.6) is 0 Å². The third-order valence-electron chi connectivity index (χ3n) is 8.41. The smallest absolute Gasteiger partial charge is 0.154 e. The van der Waals surface area contributed by atoms with Crippen LogP contribution in [0.2, 0.25) is 5.02 Å². The van der Waals surface area contributed by atoms with Crippen molar-refractivity contribution in [2.24, 2.45) is 11.1 Å². The summed E-state index contributed by atoms with van der Waals surface area (Å²) in [6.45, 7) is 1.83. The molecule has 0 bridgehead atoms. The van der Waals surface area contributed by atoms with Crippen molar-refractivity contribution in [3.05, 3.63) is 76.7 Å². The first-order valence-electron chi connectivity index (χ1n) is 12.3. The van der Waals surface area contributed by atoms with Gasteiger partial charge in [0.15, 0.2) is 5.82 Å². The third kappa shape index (κ3) is 3.13. The Morgan fingerprint density at radius 2 is 1.92 bits per heavy atom. The van der Waals surface area contributed by atoms with Crippen molar-refractivity contribution in [3.63, 3.8) is 0 Å². The number of hydrazine groups is 1. The van der Waals surface area contributed by atoms with Crippen LogP contribution in [0.1, 0.15) is 41.1 Å². The van der Waals surface area contributed by atoms with Crippen LogP contribution in [0.25, 0.3) is 16.9 Å². The quantitative estimate of drug-likeness (QED) is 0.284. The molecule has 1 aliphatic carbocycles. The zero-order valence-corrected chi connectivity index (χ0v) is 21.5. The molecule has 1 unspecified atom stereocenters. The van der Waals surface area contributed by atoms with Gasteiger partial charge in [0, 0.05) is 49.7 Å². The predicted octanol–water partition coefficient (Wildman–Crippen LogP) is 5.08. The Kier molecular flexibility index (Phi) is 5.02. The maximum atomic E-state index is 6.87. The first-order chi connectivity index (χ1) is 17.5. The van der Waals surface area contributed by atoms with E-state index in [0.717, 1.165) is 66.3 Å². The number of fused-ring (bicyclic) bond motifs is 3. The highest BCUT2D eigenvalue weighted by Crippen LogP contribution is 2.51. The fraction of sp³-hybridized carbons (Fsp3) is 0.333.